The van der Waals surface area contributed by atoms with Gasteiger partial charge in [-0.2, -0.15) is 5.26 Å². The summed E-state index contributed by atoms with van der Waals surface area (Å²) in [5, 5.41) is 12.2. The molecule has 1 aromatic heterocycles. The third-order valence-corrected chi connectivity index (χ3v) is 3.90. The number of aryl methyl sites for hydroxylation is 1. The van der Waals surface area contributed by atoms with Gasteiger partial charge < -0.3 is 14.8 Å². The lowest BCUT2D eigenvalue weighted by Gasteiger charge is -2.13. The van der Waals surface area contributed by atoms with Gasteiger partial charge in [0.05, 0.1) is 12.3 Å². The molecule has 0 aliphatic rings. The van der Waals surface area contributed by atoms with Crippen molar-refractivity contribution < 1.29 is 9.47 Å². The topological polar surface area (TPSA) is 54.3 Å². The lowest BCUT2D eigenvalue weighted by Crippen LogP contribution is -2.07. The quantitative estimate of drug-likeness (QED) is 0.794. The average molecular weight is 302 g/mol. The normalized spacial score (nSPS) is 10.1. The number of ether oxygens (including phenoxy) is 2. The SMILES string of the molecule is COCCOc1cc(C)ccc1NCc1ccc(C#N)s1. The second-order valence-electron chi connectivity index (χ2n) is 4.57. The third kappa shape index (κ3) is 4.48. The molecule has 4 nitrogen and oxygen atoms in total. The fraction of sp³-hybridized carbons (Fsp3) is 0.312. The zero-order chi connectivity index (χ0) is 15.1. The van der Waals surface area contributed by atoms with E-state index in [0.717, 1.165) is 26.8 Å². The Hall–Kier alpha value is -2.03. The molecule has 0 fully saturated rings. The Morgan fingerprint density at radius 1 is 1.24 bits per heavy atom. The van der Waals surface area contributed by atoms with Crippen LogP contribution >= 0.6 is 11.3 Å². The highest BCUT2D eigenvalue weighted by Gasteiger charge is 2.05. The van der Waals surface area contributed by atoms with Gasteiger partial charge in [0.2, 0.25) is 0 Å². The summed E-state index contributed by atoms with van der Waals surface area (Å²) in [5.41, 5.74) is 2.10. The van der Waals surface area contributed by atoms with Gasteiger partial charge in [-0.1, -0.05) is 6.07 Å². The van der Waals surface area contributed by atoms with E-state index in [0.29, 0.717) is 19.8 Å². The Morgan fingerprint density at radius 3 is 2.81 bits per heavy atom. The first kappa shape index (κ1) is 15.4. The summed E-state index contributed by atoms with van der Waals surface area (Å²) in [7, 11) is 1.66. The van der Waals surface area contributed by atoms with Crippen LogP contribution in [-0.4, -0.2) is 20.3 Å². The Morgan fingerprint density at radius 2 is 2.10 bits per heavy atom. The summed E-state index contributed by atoms with van der Waals surface area (Å²) in [6.45, 7) is 3.79. The number of hydrogen-bond acceptors (Lipinski definition) is 5. The molecule has 110 valence electrons. The predicted molar refractivity (Wildman–Crippen MR) is 84.9 cm³/mol. The smallest absolute Gasteiger partial charge is 0.142 e. The molecule has 1 aromatic carbocycles. The Balaban J connectivity index is 2.02. The molecule has 0 unspecified atom stereocenters. The maximum atomic E-state index is 8.84. The number of methoxy groups -OCH3 is 1. The molecule has 0 aliphatic carbocycles. The van der Waals surface area contributed by atoms with E-state index in [1.54, 1.807) is 7.11 Å². The summed E-state index contributed by atoms with van der Waals surface area (Å²) in [4.78, 5) is 1.85. The first-order valence-corrected chi connectivity index (χ1v) is 7.49. The van der Waals surface area contributed by atoms with Gasteiger partial charge in [0.15, 0.2) is 0 Å². The van der Waals surface area contributed by atoms with Gasteiger partial charge in [0.1, 0.15) is 23.3 Å². The van der Waals surface area contributed by atoms with Crippen LogP contribution in [0.1, 0.15) is 15.3 Å². The molecule has 5 heteroatoms. The molecule has 1 heterocycles. The number of rotatable bonds is 7. The van der Waals surface area contributed by atoms with Gasteiger partial charge in [-0.15, -0.1) is 11.3 Å². The van der Waals surface area contributed by atoms with E-state index in [9.17, 15) is 0 Å². The number of nitrogens with one attached hydrogen (secondary N) is 1. The monoisotopic (exact) mass is 302 g/mol. The molecule has 0 radical (unpaired) electrons. The van der Waals surface area contributed by atoms with Crippen LogP contribution in [0.2, 0.25) is 0 Å². The van der Waals surface area contributed by atoms with Crippen LogP contribution in [0.15, 0.2) is 30.3 Å². The van der Waals surface area contributed by atoms with Gasteiger partial charge in [-0.3, -0.25) is 0 Å². The van der Waals surface area contributed by atoms with Crippen LogP contribution in [0.25, 0.3) is 0 Å². The number of anilines is 1. The van der Waals surface area contributed by atoms with Crippen LogP contribution in [0.3, 0.4) is 0 Å². The second-order valence-corrected chi connectivity index (χ2v) is 5.74. The molecule has 0 amide bonds. The highest BCUT2D eigenvalue weighted by Crippen LogP contribution is 2.27. The molecule has 1 N–H and O–H groups in total. The van der Waals surface area contributed by atoms with E-state index in [2.05, 4.69) is 11.4 Å². The largest absolute Gasteiger partial charge is 0.489 e. The standard InChI is InChI=1S/C16H18N2O2S/c1-12-3-6-15(16(9-12)20-8-7-19-2)18-11-14-5-4-13(10-17)21-14/h3-6,9,18H,7-8,11H2,1-2H3. The summed E-state index contributed by atoms with van der Waals surface area (Å²) >= 11 is 1.50. The van der Waals surface area contributed by atoms with Crippen LogP contribution < -0.4 is 10.1 Å². The zero-order valence-electron chi connectivity index (χ0n) is 12.2. The maximum Gasteiger partial charge on any atom is 0.142 e. The molecule has 0 saturated carbocycles. The molecule has 2 aromatic rings. The van der Waals surface area contributed by atoms with Crippen molar-refractivity contribution in [1.82, 2.24) is 0 Å². The molecule has 21 heavy (non-hydrogen) atoms. The van der Waals surface area contributed by atoms with Gasteiger partial charge >= 0.3 is 0 Å². The summed E-state index contributed by atoms with van der Waals surface area (Å²) in [6.07, 6.45) is 0. The molecule has 2 rings (SSSR count). The molecule has 0 spiro atoms. The minimum Gasteiger partial charge on any atom is -0.489 e. The van der Waals surface area contributed by atoms with E-state index in [1.165, 1.54) is 11.3 Å². The van der Waals surface area contributed by atoms with Crippen LogP contribution in [0, 0.1) is 18.3 Å². The number of thiophene rings is 1. The van der Waals surface area contributed by atoms with Gasteiger partial charge in [0, 0.05) is 18.5 Å². The van der Waals surface area contributed by atoms with Crippen LogP contribution in [-0.2, 0) is 11.3 Å². The Kier molecular flexibility index (Phi) is 5.61. The van der Waals surface area contributed by atoms with Crippen molar-refractivity contribution in [2.45, 2.75) is 13.5 Å². The first-order valence-electron chi connectivity index (χ1n) is 6.68. The van der Waals surface area contributed by atoms with Crippen molar-refractivity contribution in [2.24, 2.45) is 0 Å². The Bertz CT molecular complexity index is 631. The maximum absolute atomic E-state index is 8.84. The van der Waals surface area contributed by atoms with E-state index < -0.39 is 0 Å². The highest BCUT2D eigenvalue weighted by molar-refractivity contribution is 7.12. The van der Waals surface area contributed by atoms with Crippen molar-refractivity contribution in [3.63, 3.8) is 0 Å². The van der Waals surface area contributed by atoms with Crippen LogP contribution in [0.4, 0.5) is 5.69 Å². The fourth-order valence-corrected chi connectivity index (χ4v) is 2.59. The molecular weight excluding hydrogens is 284 g/mol. The van der Waals surface area contributed by atoms with Crippen molar-refractivity contribution in [3.8, 4) is 11.8 Å². The lowest BCUT2D eigenvalue weighted by molar-refractivity contribution is 0.146. The molecule has 0 atom stereocenters. The van der Waals surface area contributed by atoms with Crippen molar-refractivity contribution in [3.05, 3.63) is 45.6 Å². The van der Waals surface area contributed by atoms with Crippen LogP contribution in [0.5, 0.6) is 5.75 Å². The van der Waals surface area contributed by atoms with E-state index in [1.807, 2.05) is 37.3 Å². The molecular formula is C16H18N2O2S. The summed E-state index contributed by atoms with van der Waals surface area (Å²) < 4.78 is 10.7. The van der Waals surface area contributed by atoms with Gasteiger partial charge in [0.25, 0.3) is 0 Å². The second kappa shape index (κ2) is 7.67. The number of nitrogens with zero attached hydrogens (tertiary/aromatic N) is 1. The number of nitriles is 1. The molecule has 0 aliphatic heterocycles. The Labute approximate surface area is 128 Å². The van der Waals surface area contributed by atoms with Gasteiger partial charge in [-0.05, 0) is 36.8 Å². The molecule has 0 saturated heterocycles. The number of benzene rings is 1. The van der Waals surface area contributed by atoms with Crippen molar-refractivity contribution in [1.29, 1.82) is 5.26 Å². The first-order chi connectivity index (χ1) is 10.2. The van der Waals surface area contributed by atoms with E-state index in [-0.39, 0.29) is 0 Å². The number of hydrogen-bond donors (Lipinski definition) is 1. The highest BCUT2D eigenvalue weighted by atomic mass is 32.1. The summed E-state index contributed by atoms with van der Waals surface area (Å²) in [6, 6.07) is 12.0. The third-order valence-electron chi connectivity index (χ3n) is 2.91. The van der Waals surface area contributed by atoms with E-state index in [4.69, 9.17) is 14.7 Å². The minimum absolute atomic E-state index is 0.520. The van der Waals surface area contributed by atoms with Gasteiger partial charge in [-0.25, -0.2) is 0 Å². The average Bonchev–Trinajstić information content (AvgIpc) is 2.95. The zero-order valence-corrected chi connectivity index (χ0v) is 13.0. The fourth-order valence-electron chi connectivity index (χ4n) is 1.85. The predicted octanol–water partition coefficient (Wildman–Crippen LogP) is 3.57. The summed E-state index contributed by atoms with van der Waals surface area (Å²) in [5.74, 6) is 0.823. The minimum atomic E-state index is 0.520. The van der Waals surface area contributed by atoms with Crippen molar-refractivity contribution >= 4 is 17.0 Å². The lowest BCUT2D eigenvalue weighted by atomic mass is 10.2. The van der Waals surface area contributed by atoms with Crippen molar-refractivity contribution in [2.75, 3.05) is 25.6 Å². The van der Waals surface area contributed by atoms with E-state index >= 15 is 0 Å². The molecule has 0 bridgehead atoms.